The van der Waals surface area contributed by atoms with Crippen LogP contribution in [0.2, 0.25) is 0 Å². The van der Waals surface area contributed by atoms with Crippen molar-refractivity contribution in [2.75, 3.05) is 26.2 Å². The molecule has 1 aliphatic heterocycles. The minimum Gasteiger partial charge on any atom is -0.492 e. The monoisotopic (exact) mass is 415 g/mol. The van der Waals surface area contributed by atoms with Gasteiger partial charge < -0.3 is 14.4 Å². The largest absolute Gasteiger partial charge is 0.492 e. The summed E-state index contributed by atoms with van der Waals surface area (Å²) in [5.41, 5.74) is 0. The summed E-state index contributed by atoms with van der Waals surface area (Å²) in [6.45, 7) is 2.59. The van der Waals surface area contributed by atoms with Crippen molar-refractivity contribution in [1.29, 1.82) is 0 Å². The van der Waals surface area contributed by atoms with Crippen molar-refractivity contribution in [3.8, 4) is 5.88 Å². The average molecular weight is 416 g/mol. The molecule has 5 rings (SSSR count). The van der Waals surface area contributed by atoms with Crippen LogP contribution in [0.4, 0.5) is 0 Å². The van der Waals surface area contributed by atoms with E-state index in [4.69, 9.17) is 4.42 Å². The van der Waals surface area contributed by atoms with Gasteiger partial charge >= 0.3 is 0 Å². The Morgan fingerprint density at radius 1 is 1.21 bits per heavy atom. The number of piperazine rings is 1. The minimum atomic E-state index is -0.0886. The van der Waals surface area contributed by atoms with Crippen molar-refractivity contribution in [2.24, 2.45) is 0 Å². The summed E-state index contributed by atoms with van der Waals surface area (Å²) >= 11 is 3.10. The van der Waals surface area contributed by atoms with Crippen LogP contribution >= 0.6 is 22.7 Å². The third-order valence-corrected chi connectivity index (χ3v) is 6.91. The van der Waals surface area contributed by atoms with Crippen molar-refractivity contribution in [3.63, 3.8) is 0 Å². The second-order valence-electron chi connectivity index (χ2n) is 6.47. The standard InChI is InChI=1S/C18H17N5O3S2/c24-16(12-3-1-9-26-12)22-7-5-21(6-8-22)14(13-4-2-10-27-13)15-17(25)23-18(28-15)19-11-20-23/h1-4,9-11,14,25H,5-8H2/t14-/m1/s1. The molecular weight excluding hydrogens is 398 g/mol. The Morgan fingerprint density at radius 3 is 2.75 bits per heavy atom. The van der Waals surface area contributed by atoms with Crippen LogP contribution in [-0.2, 0) is 0 Å². The number of carbonyl (C=O) groups excluding carboxylic acids is 1. The molecule has 28 heavy (non-hydrogen) atoms. The Labute approximate surface area is 168 Å². The maximum Gasteiger partial charge on any atom is 0.289 e. The van der Waals surface area contributed by atoms with Gasteiger partial charge in [-0.1, -0.05) is 17.4 Å². The van der Waals surface area contributed by atoms with Crippen LogP contribution in [-0.4, -0.2) is 61.6 Å². The molecule has 0 saturated carbocycles. The van der Waals surface area contributed by atoms with Gasteiger partial charge in [-0.25, -0.2) is 4.98 Å². The Morgan fingerprint density at radius 2 is 2.07 bits per heavy atom. The molecular formula is C18H17N5O3S2. The molecule has 144 valence electrons. The highest BCUT2D eigenvalue weighted by atomic mass is 32.1. The molecule has 0 radical (unpaired) electrons. The van der Waals surface area contributed by atoms with E-state index >= 15 is 0 Å². The van der Waals surface area contributed by atoms with E-state index in [1.165, 1.54) is 28.4 Å². The molecule has 10 heteroatoms. The summed E-state index contributed by atoms with van der Waals surface area (Å²) in [4.78, 5) is 23.5. The lowest BCUT2D eigenvalue weighted by Gasteiger charge is -2.38. The number of nitrogens with zero attached hydrogens (tertiary/aromatic N) is 5. The number of rotatable bonds is 4. The van der Waals surface area contributed by atoms with Crippen LogP contribution in [0.3, 0.4) is 0 Å². The van der Waals surface area contributed by atoms with Gasteiger partial charge in [0, 0.05) is 31.1 Å². The molecule has 0 unspecified atom stereocenters. The first-order valence-electron chi connectivity index (χ1n) is 8.84. The van der Waals surface area contributed by atoms with Crippen molar-refractivity contribution in [2.45, 2.75) is 6.04 Å². The predicted octanol–water partition coefficient (Wildman–Crippen LogP) is 2.70. The summed E-state index contributed by atoms with van der Waals surface area (Å²) < 4.78 is 6.71. The molecule has 1 N–H and O–H groups in total. The van der Waals surface area contributed by atoms with E-state index in [0.717, 1.165) is 9.75 Å². The van der Waals surface area contributed by atoms with E-state index < -0.39 is 0 Å². The van der Waals surface area contributed by atoms with Crippen LogP contribution in [0.5, 0.6) is 5.88 Å². The quantitative estimate of drug-likeness (QED) is 0.551. The molecule has 1 amide bonds. The van der Waals surface area contributed by atoms with Gasteiger partial charge in [0.25, 0.3) is 5.91 Å². The molecule has 0 aliphatic carbocycles. The van der Waals surface area contributed by atoms with E-state index in [1.54, 1.807) is 23.5 Å². The number of fused-ring (bicyclic) bond motifs is 1. The highest BCUT2D eigenvalue weighted by Crippen LogP contribution is 2.41. The third kappa shape index (κ3) is 2.89. The van der Waals surface area contributed by atoms with Gasteiger partial charge in [-0.15, -0.1) is 11.3 Å². The van der Waals surface area contributed by atoms with Crippen molar-refractivity contribution >= 4 is 33.5 Å². The Bertz CT molecular complexity index is 1080. The highest BCUT2D eigenvalue weighted by Gasteiger charge is 2.33. The summed E-state index contributed by atoms with van der Waals surface area (Å²) in [5, 5.41) is 16.8. The summed E-state index contributed by atoms with van der Waals surface area (Å²) in [7, 11) is 0. The van der Waals surface area contributed by atoms with Gasteiger partial charge in [0.05, 0.1) is 17.2 Å². The summed E-state index contributed by atoms with van der Waals surface area (Å²) in [6.07, 6.45) is 2.95. The zero-order valence-electron chi connectivity index (χ0n) is 14.8. The molecule has 1 atom stereocenters. The Balaban J connectivity index is 1.41. The topological polar surface area (TPSA) is 87.1 Å². The molecule has 0 aromatic carbocycles. The second-order valence-corrected chi connectivity index (χ2v) is 8.46. The van der Waals surface area contributed by atoms with Gasteiger partial charge in [-0.2, -0.15) is 9.61 Å². The molecule has 5 heterocycles. The number of carbonyl (C=O) groups is 1. The zero-order valence-corrected chi connectivity index (χ0v) is 16.4. The van der Waals surface area contributed by atoms with Gasteiger partial charge in [0.1, 0.15) is 6.33 Å². The van der Waals surface area contributed by atoms with Gasteiger partial charge in [-0.05, 0) is 23.6 Å². The van der Waals surface area contributed by atoms with E-state index in [2.05, 4.69) is 21.0 Å². The molecule has 4 aromatic heterocycles. The fraction of sp³-hybridized carbons (Fsp3) is 0.278. The van der Waals surface area contributed by atoms with Crippen molar-refractivity contribution < 1.29 is 14.3 Å². The number of amides is 1. The molecule has 1 aliphatic rings. The smallest absolute Gasteiger partial charge is 0.289 e. The number of aromatic hydroxyl groups is 1. The van der Waals surface area contributed by atoms with Gasteiger partial charge in [0.2, 0.25) is 10.8 Å². The normalized spacial score (nSPS) is 16.6. The first-order valence-corrected chi connectivity index (χ1v) is 10.5. The van der Waals surface area contributed by atoms with Crippen LogP contribution in [0, 0.1) is 0 Å². The zero-order chi connectivity index (χ0) is 19.1. The molecule has 1 fully saturated rings. The van der Waals surface area contributed by atoms with Crippen molar-refractivity contribution in [3.05, 3.63) is 57.8 Å². The first-order chi connectivity index (χ1) is 13.7. The Kier molecular flexibility index (Phi) is 4.38. The maximum atomic E-state index is 12.5. The third-order valence-electron chi connectivity index (χ3n) is 4.90. The lowest BCUT2D eigenvalue weighted by atomic mass is 10.1. The number of furan rings is 1. The van der Waals surface area contributed by atoms with Crippen LogP contribution < -0.4 is 0 Å². The first kappa shape index (κ1) is 17.4. The molecule has 0 spiro atoms. The lowest BCUT2D eigenvalue weighted by molar-refractivity contribution is 0.0570. The number of hydrogen-bond donors (Lipinski definition) is 1. The highest BCUT2D eigenvalue weighted by molar-refractivity contribution is 7.17. The predicted molar refractivity (Wildman–Crippen MR) is 105 cm³/mol. The minimum absolute atomic E-state index is 0.0843. The molecule has 8 nitrogen and oxygen atoms in total. The van der Waals surface area contributed by atoms with E-state index in [0.29, 0.717) is 36.9 Å². The van der Waals surface area contributed by atoms with Crippen LogP contribution in [0.15, 0.2) is 46.7 Å². The van der Waals surface area contributed by atoms with Crippen molar-refractivity contribution in [1.82, 2.24) is 24.4 Å². The maximum absolute atomic E-state index is 12.5. The fourth-order valence-corrected chi connectivity index (χ4v) is 5.56. The summed E-state index contributed by atoms with van der Waals surface area (Å²) in [6, 6.07) is 7.41. The van der Waals surface area contributed by atoms with Gasteiger partial charge in [-0.3, -0.25) is 9.69 Å². The lowest BCUT2D eigenvalue weighted by Crippen LogP contribution is -2.49. The average Bonchev–Trinajstić information content (AvgIpc) is 3.51. The van der Waals surface area contributed by atoms with Crippen LogP contribution in [0.25, 0.3) is 4.96 Å². The number of hydrogen-bond acceptors (Lipinski definition) is 8. The fourth-order valence-electron chi connectivity index (χ4n) is 3.53. The molecule has 4 aromatic rings. The molecule has 0 bridgehead atoms. The number of thiazole rings is 1. The van der Waals surface area contributed by atoms with E-state index in [1.807, 2.05) is 16.3 Å². The van der Waals surface area contributed by atoms with Gasteiger partial charge in [0.15, 0.2) is 5.76 Å². The number of aromatic nitrogens is 3. The second kappa shape index (κ2) is 7.04. The molecule has 1 saturated heterocycles. The van der Waals surface area contributed by atoms with E-state index in [9.17, 15) is 9.90 Å². The van der Waals surface area contributed by atoms with E-state index in [-0.39, 0.29) is 17.8 Å². The SMILES string of the molecule is O=C(c1ccco1)N1CCN([C@H](c2cccs2)c2sc3ncnn3c2O)CC1. The number of thiophene rings is 1. The summed E-state index contributed by atoms with van der Waals surface area (Å²) in [5.74, 6) is 0.412. The van der Waals surface area contributed by atoms with Crippen LogP contribution in [0.1, 0.15) is 26.4 Å². The Hall–Kier alpha value is -2.69.